The molecule has 1 fully saturated rings. The standard InChI is InChI=1S/C11H23N3S/c1-3-4-13-5-7-14(8-6-13)9-10(2)11(12)15/h10H,3-9H2,1-2H3,(H2,12,15). The maximum Gasteiger partial charge on any atom is 0.0768 e. The summed E-state index contributed by atoms with van der Waals surface area (Å²) in [6.45, 7) is 11.3. The number of nitrogens with two attached hydrogens (primary N) is 1. The van der Waals surface area contributed by atoms with Crippen LogP contribution in [0.2, 0.25) is 0 Å². The van der Waals surface area contributed by atoms with Crippen LogP contribution < -0.4 is 5.73 Å². The summed E-state index contributed by atoms with van der Waals surface area (Å²) < 4.78 is 0. The summed E-state index contributed by atoms with van der Waals surface area (Å²) in [7, 11) is 0. The van der Waals surface area contributed by atoms with Gasteiger partial charge in [-0.25, -0.2) is 0 Å². The minimum absolute atomic E-state index is 0.345. The molecule has 3 nitrogen and oxygen atoms in total. The van der Waals surface area contributed by atoms with Crippen LogP contribution in [0.15, 0.2) is 0 Å². The Labute approximate surface area is 98.6 Å². The van der Waals surface area contributed by atoms with Crippen LogP contribution in [0.25, 0.3) is 0 Å². The van der Waals surface area contributed by atoms with Crippen molar-refractivity contribution < 1.29 is 0 Å². The molecular weight excluding hydrogens is 206 g/mol. The van der Waals surface area contributed by atoms with Crippen molar-refractivity contribution in [3.05, 3.63) is 0 Å². The second-order valence-corrected chi connectivity index (χ2v) is 4.92. The summed E-state index contributed by atoms with van der Waals surface area (Å²) in [5.41, 5.74) is 5.62. The zero-order chi connectivity index (χ0) is 11.3. The first-order valence-corrected chi connectivity index (χ1v) is 6.28. The van der Waals surface area contributed by atoms with Crippen LogP contribution >= 0.6 is 12.2 Å². The first-order valence-electron chi connectivity index (χ1n) is 5.87. The molecule has 4 heteroatoms. The van der Waals surface area contributed by atoms with E-state index < -0.39 is 0 Å². The molecule has 1 saturated heterocycles. The zero-order valence-corrected chi connectivity index (χ0v) is 10.7. The van der Waals surface area contributed by atoms with Crippen molar-refractivity contribution in [2.75, 3.05) is 39.3 Å². The molecule has 2 N–H and O–H groups in total. The smallest absolute Gasteiger partial charge is 0.0768 e. The van der Waals surface area contributed by atoms with E-state index in [2.05, 4.69) is 23.6 Å². The molecule has 1 aliphatic rings. The van der Waals surface area contributed by atoms with Crippen LogP contribution in [0.5, 0.6) is 0 Å². The number of thiocarbonyl (C=S) groups is 1. The van der Waals surface area contributed by atoms with Gasteiger partial charge in [0.25, 0.3) is 0 Å². The second kappa shape index (κ2) is 6.40. The monoisotopic (exact) mass is 229 g/mol. The van der Waals surface area contributed by atoms with Crippen molar-refractivity contribution in [3.8, 4) is 0 Å². The molecule has 0 aromatic heterocycles. The third-order valence-electron chi connectivity index (χ3n) is 3.02. The lowest BCUT2D eigenvalue weighted by molar-refractivity contribution is 0.127. The van der Waals surface area contributed by atoms with Gasteiger partial charge in [-0.05, 0) is 13.0 Å². The minimum atomic E-state index is 0.345. The molecule has 1 heterocycles. The average Bonchev–Trinajstić information content (AvgIpc) is 2.21. The molecular formula is C11H23N3S. The Morgan fingerprint density at radius 3 is 2.27 bits per heavy atom. The van der Waals surface area contributed by atoms with E-state index in [1.165, 1.54) is 26.1 Å². The van der Waals surface area contributed by atoms with Gasteiger partial charge in [-0.3, -0.25) is 0 Å². The van der Waals surface area contributed by atoms with Crippen LogP contribution in [0.4, 0.5) is 0 Å². The van der Waals surface area contributed by atoms with Crippen LogP contribution in [0.1, 0.15) is 20.3 Å². The van der Waals surface area contributed by atoms with Gasteiger partial charge in [0.2, 0.25) is 0 Å². The predicted molar refractivity (Wildman–Crippen MR) is 69.1 cm³/mol. The van der Waals surface area contributed by atoms with Crippen LogP contribution in [-0.2, 0) is 0 Å². The first-order chi connectivity index (χ1) is 7.13. The van der Waals surface area contributed by atoms with Gasteiger partial charge in [0, 0.05) is 38.6 Å². The van der Waals surface area contributed by atoms with Crippen molar-refractivity contribution >= 4 is 17.2 Å². The Morgan fingerprint density at radius 1 is 1.27 bits per heavy atom. The van der Waals surface area contributed by atoms with E-state index in [-0.39, 0.29) is 0 Å². The van der Waals surface area contributed by atoms with E-state index in [1.54, 1.807) is 0 Å². The topological polar surface area (TPSA) is 32.5 Å². The third kappa shape index (κ3) is 4.45. The van der Waals surface area contributed by atoms with Gasteiger partial charge in [-0.2, -0.15) is 0 Å². The molecule has 0 aromatic rings. The highest BCUT2D eigenvalue weighted by Crippen LogP contribution is 2.06. The highest BCUT2D eigenvalue weighted by atomic mass is 32.1. The van der Waals surface area contributed by atoms with E-state index >= 15 is 0 Å². The van der Waals surface area contributed by atoms with Crippen molar-refractivity contribution in [2.45, 2.75) is 20.3 Å². The highest BCUT2D eigenvalue weighted by molar-refractivity contribution is 7.80. The zero-order valence-electron chi connectivity index (χ0n) is 9.91. The van der Waals surface area contributed by atoms with Crippen LogP contribution in [0.3, 0.4) is 0 Å². The molecule has 1 unspecified atom stereocenters. The van der Waals surface area contributed by atoms with E-state index in [4.69, 9.17) is 18.0 Å². The summed E-state index contributed by atoms with van der Waals surface area (Å²) >= 11 is 4.99. The van der Waals surface area contributed by atoms with E-state index in [1.807, 2.05) is 0 Å². The number of piperazine rings is 1. The molecule has 0 radical (unpaired) electrons. The predicted octanol–water partition coefficient (Wildman–Crippen LogP) is 0.936. The van der Waals surface area contributed by atoms with Crippen LogP contribution in [-0.4, -0.2) is 54.1 Å². The Balaban J connectivity index is 2.22. The molecule has 0 aliphatic carbocycles. The summed E-state index contributed by atoms with van der Waals surface area (Å²) in [6, 6.07) is 0. The third-order valence-corrected chi connectivity index (χ3v) is 3.42. The van der Waals surface area contributed by atoms with Crippen molar-refractivity contribution in [3.63, 3.8) is 0 Å². The number of hydrogen-bond donors (Lipinski definition) is 1. The summed E-state index contributed by atoms with van der Waals surface area (Å²) in [4.78, 5) is 5.64. The molecule has 0 amide bonds. The second-order valence-electron chi connectivity index (χ2n) is 4.45. The molecule has 0 spiro atoms. The van der Waals surface area contributed by atoms with Gasteiger partial charge in [-0.1, -0.05) is 26.1 Å². The molecule has 1 rings (SSSR count). The van der Waals surface area contributed by atoms with E-state index in [9.17, 15) is 0 Å². The SMILES string of the molecule is CCCN1CCN(CC(C)C(N)=S)CC1. The lowest BCUT2D eigenvalue weighted by Gasteiger charge is -2.35. The van der Waals surface area contributed by atoms with Gasteiger partial charge < -0.3 is 15.5 Å². The van der Waals surface area contributed by atoms with Crippen molar-refractivity contribution in [1.82, 2.24) is 9.80 Å². The molecule has 1 aliphatic heterocycles. The highest BCUT2D eigenvalue weighted by Gasteiger charge is 2.18. The lowest BCUT2D eigenvalue weighted by atomic mass is 10.1. The fraction of sp³-hybridized carbons (Fsp3) is 0.909. The van der Waals surface area contributed by atoms with Gasteiger partial charge in [0.05, 0.1) is 4.99 Å². The Kier molecular flexibility index (Phi) is 5.50. The van der Waals surface area contributed by atoms with Crippen molar-refractivity contribution in [2.24, 2.45) is 11.7 Å². The molecule has 1 atom stereocenters. The Bertz CT molecular complexity index is 200. The molecule has 0 aromatic carbocycles. The molecule has 0 bridgehead atoms. The Morgan fingerprint density at radius 2 is 1.80 bits per heavy atom. The van der Waals surface area contributed by atoms with Gasteiger partial charge in [0.1, 0.15) is 0 Å². The first kappa shape index (κ1) is 12.9. The van der Waals surface area contributed by atoms with Gasteiger partial charge in [-0.15, -0.1) is 0 Å². The van der Waals surface area contributed by atoms with Gasteiger partial charge >= 0.3 is 0 Å². The number of rotatable bonds is 5. The van der Waals surface area contributed by atoms with Gasteiger partial charge in [0.15, 0.2) is 0 Å². The largest absolute Gasteiger partial charge is 0.393 e. The van der Waals surface area contributed by atoms with Crippen LogP contribution in [0, 0.1) is 5.92 Å². The fourth-order valence-electron chi connectivity index (χ4n) is 1.99. The summed E-state index contributed by atoms with van der Waals surface area (Å²) in [6.07, 6.45) is 1.25. The fourth-order valence-corrected chi connectivity index (χ4v) is 2.06. The average molecular weight is 229 g/mol. The minimum Gasteiger partial charge on any atom is -0.393 e. The maximum atomic E-state index is 5.62. The summed E-state index contributed by atoms with van der Waals surface area (Å²) in [5, 5.41) is 0. The Hall–Kier alpha value is -0.190. The molecule has 88 valence electrons. The number of hydrogen-bond acceptors (Lipinski definition) is 3. The quantitative estimate of drug-likeness (QED) is 0.711. The van der Waals surface area contributed by atoms with E-state index in [0.29, 0.717) is 10.9 Å². The lowest BCUT2D eigenvalue weighted by Crippen LogP contribution is -2.48. The molecule has 15 heavy (non-hydrogen) atoms. The van der Waals surface area contributed by atoms with E-state index in [0.717, 1.165) is 19.6 Å². The van der Waals surface area contributed by atoms with Crippen molar-refractivity contribution in [1.29, 1.82) is 0 Å². The summed E-state index contributed by atoms with van der Waals surface area (Å²) in [5.74, 6) is 0.345. The number of nitrogens with zero attached hydrogens (tertiary/aromatic N) is 2. The normalized spacial score (nSPS) is 21.5. The molecule has 0 saturated carbocycles. The maximum absolute atomic E-state index is 5.62.